The average molecular weight is 409 g/mol. The summed E-state index contributed by atoms with van der Waals surface area (Å²) in [6.45, 7) is 5.63. The van der Waals surface area contributed by atoms with Gasteiger partial charge in [-0.05, 0) is 42.0 Å². The van der Waals surface area contributed by atoms with E-state index in [4.69, 9.17) is 0 Å². The Hall–Kier alpha value is -2.59. The lowest BCUT2D eigenvalue weighted by Crippen LogP contribution is -2.31. The molecule has 3 aromatic rings. The van der Waals surface area contributed by atoms with Gasteiger partial charge in [0.1, 0.15) is 0 Å². The molecule has 0 aliphatic rings. The Morgan fingerprint density at radius 2 is 1.77 bits per heavy atom. The van der Waals surface area contributed by atoms with Crippen LogP contribution in [-0.4, -0.2) is 21.9 Å². The number of amides is 1. The van der Waals surface area contributed by atoms with Crippen LogP contribution in [0.15, 0.2) is 90.1 Å². The van der Waals surface area contributed by atoms with Gasteiger partial charge in [0.2, 0.25) is 0 Å². The number of halogens is 1. The maximum absolute atomic E-state index is 12.8. The molecule has 3 nitrogen and oxygen atoms in total. The number of rotatable bonds is 7. The molecule has 0 saturated carbocycles. The number of benzene rings is 2. The first-order valence-corrected chi connectivity index (χ1v) is 9.30. The van der Waals surface area contributed by atoms with E-state index in [-0.39, 0.29) is 5.91 Å². The Bertz CT molecular complexity index is 869. The molecule has 132 valence electrons. The molecule has 0 aliphatic heterocycles. The molecule has 0 saturated heterocycles. The predicted octanol–water partition coefficient (Wildman–Crippen LogP) is 5.13. The van der Waals surface area contributed by atoms with Crippen LogP contribution >= 0.6 is 15.9 Å². The van der Waals surface area contributed by atoms with E-state index in [0.717, 1.165) is 16.7 Å². The van der Waals surface area contributed by atoms with Crippen molar-refractivity contribution in [2.45, 2.75) is 13.1 Å². The van der Waals surface area contributed by atoms with E-state index in [1.165, 1.54) is 5.56 Å². The van der Waals surface area contributed by atoms with Gasteiger partial charge in [-0.2, -0.15) is 0 Å². The highest BCUT2D eigenvalue weighted by atomic mass is 79.9. The van der Waals surface area contributed by atoms with Crippen molar-refractivity contribution in [3.8, 4) is 0 Å². The second-order valence-electron chi connectivity index (χ2n) is 6.09. The predicted molar refractivity (Wildman–Crippen MR) is 109 cm³/mol. The fraction of sp³-hybridized carbons (Fsp3) is 0.136. The molecule has 2 aromatic carbocycles. The second-order valence-corrected chi connectivity index (χ2v) is 7.01. The van der Waals surface area contributed by atoms with Gasteiger partial charge < -0.3 is 9.47 Å². The van der Waals surface area contributed by atoms with Crippen molar-refractivity contribution < 1.29 is 4.79 Å². The lowest BCUT2D eigenvalue weighted by atomic mass is 10.2. The molecule has 0 bridgehead atoms. The normalized spacial score (nSPS) is 10.5. The zero-order chi connectivity index (χ0) is 18.4. The van der Waals surface area contributed by atoms with Crippen molar-refractivity contribution in [1.29, 1.82) is 0 Å². The topological polar surface area (TPSA) is 25.2 Å². The smallest absolute Gasteiger partial charge is 0.254 e. The highest BCUT2D eigenvalue weighted by Crippen LogP contribution is 2.15. The van der Waals surface area contributed by atoms with E-state index in [1.54, 1.807) is 6.08 Å². The Kier molecular flexibility index (Phi) is 6.08. The van der Waals surface area contributed by atoms with E-state index >= 15 is 0 Å². The van der Waals surface area contributed by atoms with Crippen molar-refractivity contribution in [1.82, 2.24) is 9.47 Å². The molecule has 26 heavy (non-hydrogen) atoms. The van der Waals surface area contributed by atoms with Gasteiger partial charge in [-0.15, -0.1) is 6.58 Å². The van der Waals surface area contributed by atoms with Crippen LogP contribution in [-0.2, 0) is 13.1 Å². The lowest BCUT2D eigenvalue weighted by Gasteiger charge is -2.22. The largest absolute Gasteiger partial charge is 0.345 e. The summed E-state index contributed by atoms with van der Waals surface area (Å²) in [5.41, 5.74) is 3.01. The van der Waals surface area contributed by atoms with E-state index in [2.05, 4.69) is 51.5 Å². The lowest BCUT2D eigenvalue weighted by molar-refractivity contribution is 0.0759. The van der Waals surface area contributed by atoms with Crippen molar-refractivity contribution >= 4 is 21.8 Å². The van der Waals surface area contributed by atoms with Crippen LogP contribution in [0.5, 0.6) is 0 Å². The Morgan fingerprint density at radius 1 is 1.04 bits per heavy atom. The third kappa shape index (κ3) is 4.52. The zero-order valence-electron chi connectivity index (χ0n) is 14.5. The number of nitrogens with zero attached hydrogens (tertiary/aromatic N) is 2. The summed E-state index contributed by atoms with van der Waals surface area (Å²) in [5, 5.41) is 0. The van der Waals surface area contributed by atoms with E-state index in [1.807, 2.05) is 53.4 Å². The van der Waals surface area contributed by atoms with Gasteiger partial charge in [-0.25, -0.2) is 0 Å². The minimum atomic E-state index is 0.0156. The van der Waals surface area contributed by atoms with Crippen LogP contribution in [0.4, 0.5) is 0 Å². The van der Waals surface area contributed by atoms with Gasteiger partial charge in [-0.1, -0.05) is 52.3 Å². The van der Waals surface area contributed by atoms with Crippen LogP contribution in [0, 0.1) is 0 Å². The van der Waals surface area contributed by atoms with Crippen LogP contribution in [0.2, 0.25) is 0 Å². The number of hydrogen-bond donors (Lipinski definition) is 0. The van der Waals surface area contributed by atoms with Crippen molar-refractivity contribution in [2.75, 3.05) is 6.54 Å². The highest BCUT2D eigenvalue weighted by Gasteiger charge is 2.16. The van der Waals surface area contributed by atoms with E-state index in [9.17, 15) is 4.79 Å². The van der Waals surface area contributed by atoms with Gasteiger partial charge in [0.25, 0.3) is 5.91 Å². The van der Waals surface area contributed by atoms with Crippen molar-refractivity contribution in [2.24, 2.45) is 0 Å². The molecular formula is C22H21BrN2O. The number of aromatic nitrogens is 1. The summed E-state index contributed by atoms with van der Waals surface area (Å²) in [4.78, 5) is 14.6. The standard InChI is InChI=1S/C22H21BrN2O/c1-2-14-25(22(26)19-7-4-3-5-8-19)17-21-9-6-15-24(21)16-18-10-12-20(23)13-11-18/h2-13,15H,1,14,16-17H2. The molecule has 0 N–H and O–H groups in total. The number of hydrogen-bond acceptors (Lipinski definition) is 1. The third-order valence-corrected chi connectivity index (χ3v) is 4.73. The van der Waals surface area contributed by atoms with Gasteiger partial charge >= 0.3 is 0 Å². The second kappa shape index (κ2) is 8.68. The van der Waals surface area contributed by atoms with Gasteiger partial charge in [0, 0.05) is 35.0 Å². The van der Waals surface area contributed by atoms with Crippen LogP contribution < -0.4 is 0 Å². The van der Waals surface area contributed by atoms with Crippen LogP contribution in [0.1, 0.15) is 21.6 Å². The maximum atomic E-state index is 12.8. The van der Waals surface area contributed by atoms with Crippen LogP contribution in [0.3, 0.4) is 0 Å². The first-order valence-electron chi connectivity index (χ1n) is 8.51. The van der Waals surface area contributed by atoms with Gasteiger partial charge in [0.05, 0.1) is 6.54 Å². The molecule has 0 radical (unpaired) electrons. The highest BCUT2D eigenvalue weighted by molar-refractivity contribution is 9.10. The number of carbonyl (C=O) groups excluding carboxylic acids is 1. The van der Waals surface area contributed by atoms with E-state index < -0.39 is 0 Å². The first kappa shape index (κ1) is 18.2. The molecule has 3 rings (SSSR count). The summed E-state index contributed by atoms with van der Waals surface area (Å²) in [6, 6.07) is 21.8. The SMILES string of the molecule is C=CCN(Cc1cccn1Cc1ccc(Br)cc1)C(=O)c1ccccc1. The summed E-state index contributed by atoms with van der Waals surface area (Å²) >= 11 is 3.47. The monoisotopic (exact) mass is 408 g/mol. The van der Waals surface area contributed by atoms with Gasteiger partial charge in [0.15, 0.2) is 0 Å². The Balaban J connectivity index is 1.78. The van der Waals surface area contributed by atoms with Gasteiger partial charge in [-0.3, -0.25) is 4.79 Å². The minimum Gasteiger partial charge on any atom is -0.345 e. The average Bonchev–Trinajstić information content (AvgIpc) is 3.10. The third-order valence-electron chi connectivity index (χ3n) is 4.20. The Morgan fingerprint density at radius 3 is 2.46 bits per heavy atom. The summed E-state index contributed by atoms with van der Waals surface area (Å²) in [5.74, 6) is 0.0156. The zero-order valence-corrected chi connectivity index (χ0v) is 16.1. The first-order chi connectivity index (χ1) is 12.7. The van der Waals surface area contributed by atoms with Crippen LogP contribution in [0.25, 0.3) is 0 Å². The quantitative estimate of drug-likeness (QED) is 0.497. The molecule has 1 heterocycles. The summed E-state index contributed by atoms with van der Waals surface area (Å²) < 4.78 is 3.25. The fourth-order valence-electron chi connectivity index (χ4n) is 2.87. The molecule has 0 atom stereocenters. The molecule has 0 aliphatic carbocycles. The number of carbonyl (C=O) groups is 1. The molecule has 1 aromatic heterocycles. The summed E-state index contributed by atoms with van der Waals surface area (Å²) in [7, 11) is 0. The van der Waals surface area contributed by atoms with Crippen molar-refractivity contribution in [3.05, 3.63) is 107 Å². The summed E-state index contributed by atoms with van der Waals surface area (Å²) in [6.07, 6.45) is 3.82. The molecule has 0 unspecified atom stereocenters. The molecule has 4 heteroatoms. The fourth-order valence-corrected chi connectivity index (χ4v) is 3.13. The molecular weight excluding hydrogens is 388 g/mol. The van der Waals surface area contributed by atoms with E-state index in [0.29, 0.717) is 18.7 Å². The maximum Gasteiger partial charge on any atom is 0.254 e. The molecule has 0 fully saturated rings. The Labute approximate surface area is 162 Å². The molecule has 0 spiro atoms. The minimum absolute atomic E-state index is 0.0156. The van der Waals surface area contributed by atoms with Crippen molar-refractivity contribution in [3.63, 3.8) is 0 Å². The molecule has 1 amide bonds.